The average Bonchev–Trinajstić information content (AvgIpc) is 2.26. The normalized spacial score (nSPS) is 12.5. The van der Waals surface area contributed by atoms with E-state index in [0.717, 1.165) is 5.56 Å². The van der Waals surface area contributed by atoms with Crippen molar-refractivity contribution in [1.82, 2.24) is 15.8 Å². The van der Waals surface area contributed by atoms with Crippen LogP contribution in [0.15, 0.2) is 30.3 Å². The molecule has 0 heterocycles. The first-order chi connectivity index (χ1) is 7.63. The molecule has 0 saturated carbocycles. The van der Waals surface area contributed by atoms with Gasteiger partial charge in [-0.25, -0.2) is 5.01 Å². The smallest absolute Gasteiger partial charge is 0.251 e. The van der Waals surface area contributed by atoms with Gasteiger partial charge in [0.2, 0.25) is 0 Å². The number of carbonyl (C=O) groups is 1. The lowest BCUT2D eigenvalue weighted by Gasteiger charge is -2.19. The van der Waals surface area contributed by atoms with Crippen molar-refractivity contribution in [3.8, 4) is 0 Å². The highest BCUT2D eigenvalue weighted by Crippen LogP contribution is 2.03. The van der Waals surface area contributed by atoms with Gasteiger partial charge < -0.3 is 5.32 Å². The maximum atomic E-state index is 11.8. The van der Waals surface area contributed by atoms with Crippen LogP contribution >= 0.6 is 0 Å². The Balaban J connectivity index is 2.58. The van der Waals surface area contributed by atoms with Crippen LogP contribution in [-0.2, 0) is 11.2 Å². The number of benzene rings is 1. The molecule has 0 unspecified atom stereocenters. The second-order valence-electron chi connectivity index (χ2n) is 3.90. The Morgan fingerprint density at radius 3 is 2.44 bits per heavy atom. The molecule has 1 atom stereocenters. The van der Waals surface area contributed by atoms with E-state index in [1.54, 1.807) is 26.2 Å². The van der Waals surface area contributed by atoms with E-state index in [1.165, 1.54) is 0 Å². The summed E-state index contributed by atoms with van der Waals surface area (Å²) in [6.45, 7) is 0. The highest BCUT2D eigenvalue weighted by Gasteiger charge is 2.16. The maximum absolute atomic E-state index is 11.8. The quantitative estimate of drug-likeness (QED) is 0.708. The van der Waals surface area contributed by atoms with Crippen LogP contribution in [0.5, 0.6) is 0 Å². The Morgan fingerprint density at radius 2 is 1.94 bits per heavy atom. The van der Waals surface area contributed by atoms with Crippen LogP contribution in [0.2, 0.25) is 0 Å². The number of nitrogens with zero attached hydrogens (tertiary/aromatic N) is 1. The first-order valence-corrected chi connectivity index (χ1v) is 5.32. The predicted octanol–water partition coefficient (Wildman–Crippen LogP) is 0.410. The van der Waals surface area contributed by atoms with Gasteiger partial charge in [0, 0.05) is 14.1 Å². The summed E-state index contributed by atoms with van der Waals surface area (Å²) in [7, 11) is 5.39. The summed E-state index contributed by atoms with van der Waals surface area (Å²) in [4.78, 5) is 11.8. The van der Waals surface area contributed by atoms with E-state index in [2.05, 4.69) is 10.7 Å². The molecule has 0 radical (unpaired) electrons. The minimum absolute atomic E-state index is 0.0173. The summed E-state index contributed by atoms with van der Waals surface area (Å²) in [5, 5.41) is 4.67. The predicted molar refractivity (Wildman–Crippen MR) is 64.8 cm³/mol. The third kappa shape index (κ3) is 4.00. The van der Waals surface area contributed by atoms with Gasteiger partial charge in [-0.15, -0.1) is 0 Å². The van der Waals surface area contributed by atoms with Crippen LogP contribution in [0.25, 0.3) is 0 Å². The molecular formula is C12H19N3O. The molecule has 1 amide bonds. The van der Waals surface area contributed by atoms with Crippen molar-refractivity contribution in [1.29, 1.82) is 0 Å². The fraction of sp³-hybridized carbons (Fsp3) is 0.417. The highest BCUT2D eigenvalue weighted by atomic mass is 16.2. The Hall–Kier alpha value is -1.39. The number of hydrogen-bond acceptors (Lipinski definition) is 3. The molecule has 0 bridgehead atoms. The molecule has 1 aromatic carbocycles. The van der Waals surface area contributed by atoms with E-state index in [1.807, 2.05) is 30.3 Å². The fourth-order valence-electron chi connectivity index (χ4n) is 1.47. The van der Waals surface area contributed by atoms with Gasteiger partial charge in [0.25, 0.3) is 5.91 Å². The van der Waals surface area contributed by atoms with Crippen LogP contribution in [0.3, 0.4) is 0 Å². The zero-order chi connectivity index (χ0) is 12.0. The van der Waals surface area contributed by atoms with Crippen LogP contribution in [0, 0.1) is 0 Å². The number of likely N-dealkylation sites (N-methyl/N-ethyl adjacent to an activating group) is 1. The van der Waals surface area contributed by atoms with E-state index < -0.39 is 0 Å². The molecule has 0 saturated heterocycles. The largest absolute Gasteiger partial charge is 0.309 e. The third-order valence-electron chi connectivity index (χ3n) is 2.28. The van der Waals surface area contributed by atoms with Crippen LogP contribution in [-0.4, -0.2) is 38.1 Å². The first kappa shape index (κ1) is 12.7. The molecule has 2 N–H and O–H groups in total. The van der Waals surface area contributed by atoms with Gasteiger partial charge in [0.1, 0.15) is 0 Å². The molecule has 16 heavy (non-hydrogen) atoms. The van der Waals surface area contributed by atoms with Gasteiger partial charge >= 0.3 is 0 Å². The van der Waals surface area contributed by atoms with Gasteiger partial charge in [-0.2, -0.15) is 0 Å². The van der Waals surface area contributed by atoms with Crippen LogP contribution in [0.1, 0.15) is 5.56 Å². The van der Waals surface area contributed by atoms with Gasteiger partial charge in [-0.1, -0.05) is 30.3 Å². The first-order valence-electron chi connectivity index (χ1n) is 5.32. The molecule has 0 spiro atoms. The Morgan fingerprint density at radius 1 is 1.31 bits per heavy atom. The van der Waals surface area contributed by atoms with Crippen molar-refractivity contribution in [2.45, 2.75) is 12.5 Å². The number of hydrogen-bond donors (Lipinski definition) is 2. The summed E-state index contributed by atoms with van der Waals surface area (Å²) in [5.41, 5.74) is 3.89. The monoisotopic (exact) mass is 221 g/mol. The molecule has 1 aromatic rings. The minimum Gasteiger partial charge on any atom is -0.309 e. The molecule has 0 aliphatic heterocycles. The molecule has 0 fully saturated rings. The topological polar surface area (TPSA) is 44.4 Å². The molecule has 4 nitrogen and oxygen atoms in total. The van der Waals surface area contributed by atoms with Crippen molar-refractivity contribution in [2.24, 2.45) is 0 Å². The van der Waals surface area contributed by atoms with Crippen molar-refractivity contribution < 1.29 is 4.79 Å². The Bertz CT molecular complexity index is 324. The molecule has 88 valence electrons. The van der Waals surface area contributed by atoms with E-state index in [9.17, 15) is 4.79 Å². The van der Waals surface area contributed by atoms with E-state index in [-0.39, 0.29) is 11.9 Å². The average molecular weight is 221 g/mol. The van der Waals surface area contributed by atoms with Crippen LogP contribution < -0.4 is 10.7 Å². The summed E-state index contributed by atoms with van der Waals surface area (Å²) in [5.74, 6) is -0.0173. The lowest BCUT2D eigenvalue weighted by Crippen LogP contribution is -2.48. The molecule has 1 rings (SSSR count). The number of rotatable bonds is 5. The van der Waals surface area contributed by atoms with Gasteiger partial charge in [-0.05, 0) is 19.0 Å². The van der Waals surface area contributed by atoms with Crippen molar-refractivity contribution in [3.05, 3.63) is 35.9 Å². The van der Waals surface area contributed by atoms with Crippen molar-refractivity contribution in [3.63, 3.8) is 0 Å². The van der Waals surface area contributed by atoms with Gasteiger partial charge in [0.05, 0.1) is 6.04 Å². The zero-order valence-corrected chi connectivity index (χ0v) is 10.0. The lowest BCUT2D eigenvalue weighted by molar-refractivity contribution is -0.126. The number of hydrazine groups is 1. The summed E-state index contributed by atoms with van der Waals surface area (Å²) >= 11 is 0. The highest BCUT2D eigenvalue weighted by molar-refractivity contribution is 5.81. The van der Waals surface area contributed by atoms with Crippen LogP contribution in [0.4, 0.5) is 0 Å². The van der Waals surface area contributed by atoms with E-state index in [4.69, 9.17) is 0 Å². The molecule has 0 aromatic heterocycles. The third-order valence-corrected chi connectivity index (χ3v) is 2.28. The molecular weight excluding hydrogens is 202 g/mol. The van der Waals surface area contributed by atoms with Crippen molar-refractivity contribution >= 4 is 5.91 Å². The minimum atomic E-state index is -0.204. The van der Waals surface area contributed by atoms with Gasteiger partial charge in [-0.3, -0.25) is 10.2 Å². The SMILES string of the molecule is CN[C@H](Cc1ccccc1)C(=O)NN(C)C. The second-order valence-corrected chi connectivity index (χ2v) is 3.90. The summed E-state index contributed by atoms with van der Waals surface area (Å²) in [6, 6.07) is 9.76. The maximum Gasteiger partial charge on any atom is 0.251 e. The number of nitrogens with one attached hydrogen (secondary N) is 2. The number of carbonyl (C=O) groups excluding carboxylic acids is 1. The Labute approximate surface area is 96.6 Å². The molecule has 0 aliphatic rings. The summed E-state index contributed by atoms with van der Waals surface area (Å²) in [6.07, 6.45) is 0.691. The standard InChI is InChI=1S/C12H19N3O/c1-13-11(12(16)14-15(2)3)9-10-7-5-4-6-8-10/h4-8,11,13H,9H2,1-3H3,(H,14,16)/t11-/m1/s1. The lowest BCUT2D eigenvalue weighted by atomic mass is 10.1. The molecule has 4 heteroatoms. The fourth-order valence-corrected chi connectivity index (χ4v) is 1.47. The second kappa shape index (κ2) is 6.25. The van der Waals surface area contributed by atoms with E-state index in [0.29, 0.717) is 6.42 Å². The van der Waals surface area contributed by atoms with E-state index >= 15 is 0 Å². The molecule has 0 aliphatic carbocycles. The summed E-state index contributed by atoms with van der Waals surface area (Å²) < 4.78 is 0. The number of amides is 1. The van der Waals surface area contributed by atoms with Gasteiger partial charge in [0.15, 0.2) is 0 Å². The van der Waals surface area contributed by atoms with Crippen molar-refractivity contribution in [2.75, 3.05) is 21.1 Å². The Kier molecular flexibility index (Phi) is 4.95. The zero-order valence-electron chi connectivity index (χ0n) is 10.0.